The standard InChI is InChI=1S/C21H24FN5O2S/c1-3-19-25-15(12-30-19)11-23-21(28)18-6-4-5-9-27(18)17-8-7-14(10-16(17)22)20-24-13(2)29-26-20/h7-8,10,12,18H,3-6,9,11H2,1-2H3,(H,23,28). The van der Waals surface area contributed by atoms with Crippen LogP contribution in [-0.2, 0) is 17.8 Å². The van der Waals surface area contributed by atoms with Crippen molar-refractivity contribution in [3.05, 3.63) is 46.0 Å². The zero-order valence-corrected chi connectivity index (χ0v) is 17.8. The SMILES string of the molecule is CCc1nc(CNC(=O)C2CCCCN2c2ccc(-c3noc(C)n3)cc2F)cs1. The van der Waals surface area contributed by atoms with Crippen LogP contribution >= 0.6 is 11.3 Å². The molecule has 1 aromatic carbocycles. The van der Waals surface area contributed by atoms with Gasteiger partial charge in [-0.25, -0.2) is 9.37 Å². The maximum absolute atomic E-state index is 15.0. The van der Waals surface area contributed by atoms with Gasteiger partial charge in [0.1, 0.15) is 11.9 Å². The molecular weight excluding hydrogens is 405 g/mol. The number of anilines is 1. The van der Waals surface area contributed by atoms with Crippen LogP contribution in [0.5, 0.6) is 0 Å². The summed E-state index contributed by atoms with van der Waals surface area (Å²) in [5.41, 5.74) is 1.82. The van der Waals surface area contributed by atoms with Crippen LogP contribution in [0.3, 0.4) is 0 Å². The van der Waals surface area contributed by atoms with Crippen LogP contribution < -0.4 is 10.2 Å². The van der Waals surface area contributed by atoms with Gasteiger partial charge in [0.15, 0.2) is 0 Å². The summed E-state index contributed by atoms with van der Waals surface area (Å²) in [4.78, 5) is 23.4. The third-order valence-corrected chi connectivity index (χ3v) is 6.24. The fourth-order valence-electron chi connectivity index (χ4n) is 3.68. The van der Waals surface area contributed by atoms with Crippen LogP contribution in [0.1, 0.15) is 42.8 Å². The molecule has 1 N–H and O–H groups in total. The van der Waals surface area contributed by atoms with Gasteiger partial charge in [0.2, 0.25) is 17.6 Å². The highest BCUT2D eigenvalue weighted by atomic mass is 32.1. The number of rotatable bonds is 6. The van der Waals surface area contributed by atoms with Crippen molar-refractivity contribution in [3.63, 3.8) is 0 Å². The molecule has 2 aromatic heterocycles. The van der Waals surface area contributed by atoms with E-state index in [2.05, 4.69) is 27.4 Å². The molecule has 1 atom stereocenters. The molecule has 1 aliphatic heterocycles. The number of nitrogens with one attached hydrogen (secondary N) is 1. The topological polar surface area (TPSA) is 84.2 Å². The molecule has 158 valence electrons. The Hall–Kier alpha value is -2.81. The van der Waals surface area contributed by atoms with E-state index in [4.69, 9.17) is 4.52 Å². The average molecular weight is 430 g/mol. The maximum atomic E-state index is 15.0. The number of amides is 1. The molecule has 1 unspecified atom stereocenters. The van der Waals surface area contributed by atoms with Gasteiger partial charge in [-0.05, 0) is 43.9 Å². The number of benzene rings is 1. The highest BCUT2D eigenvalue weighted by molar-refractivity contribution is 7.09. The summed E-state index contributed by atoms with van der Waals surface area (Å²) in [6.07, 6.45) is 3.43. The smallest absolute Gasteiger partial charge is 0.243 e. The highest BCUT2D eigenvalue weighted by Gasteiger charge is 2.30. The molecule has 7 nitrogen and oxygen atoms in total. The van der Waals surface area contributed by atoms with E-state index in [9.17, 15) is 9.18 Å². The summed E-state index contributed by atoms with van der Waals surface area (Å²) in [6, 6.07) is 4.44. The summed E-state index contributed by atoms with van der Waals surface area (Å²) in [6.45, 7) is 4.76. The average Bonchev–Trinajstić information content (AvgIpc) is 3.41. The van der Waals surface area contributed by atoms with Gasteiger partial charge in [-0.1, -0.05) is 12.1 Å². The number of aryl methyl sites for hydroxylation is 2. The van der Waals surface area contributed by atoms with E-state index in [0.717, 1.165) is 30.0 Å². The van der Waals surface area contributed by atoms with Gasteiger partial charge in [-0.2, -0.15) is 4.98 Å². The first kappa shape index (κ1) is 20.5. The molecule has 0 bridgehead atoms. The second kappa shape index (κ2) is 8.91. The number of thiazole rings is 1. The fourth-order valence-corrected chi connectivity index (χ4v) is 4.42. The Kier molecular flexibility index (Phi) is 6.08. The lowest BCUT2D eigenvalue weighted by atomic mass is 9.99. The van der Waals surface area contributed by atoms with Crippen LogP contribution in [0.2, 0.25) is 0 Å². The van der Waals surface area contributed by atoms with Gasteiger partial charge in [-0.15, -0.1) is 11.3 Å². The summed E-state index contributed by atoms with van der Waals surface area (Å²) >= 11 is 1.60. The third-order valence-electron chi connectivity index (χ3n) is 5.19. The lowest BCUT2D eigenvalue weighted by molar-refractivity contribution is -0.123. The molecule has 3 aromatic rings. The molecule has 0 saturated carbocycles. The predicted octanol–water partition coefficient (Wildman–Crippen LogP) is 3.88. The first-order chi connectivity index (χ1) is 14.5. The van der Waals surface area contributed by atoms with Crippen molar-refractivity contribution in [1.82, 2.24) is 20.4 Å². The lowest BCUT2D eigenvalue weighted by Crippen LogP contribution is -2.49. The minimum absolute atomic E-state index is 0.0991. The van der Waals surface area contributed by atoms with E-state index in [1.165, 1.54) is 6.07 Å². The van der Waals surface area contributed by atoms with Crippen LogP contribution in [0, 0.1) is 12.7 Å². The lowest BCUT2D eigenvalue weighted by Gasteiger charge is -2.36. The first-order valence-electron chi connectivity index (χ1n) is 10.1. The Morgan fingerprint density at radius 3 is 2.93 bits per heavy atom. The summed E-state index contributed by atoms with van der Waals surface area (Å²) in [5.74, 6) is 0.272. The number of hydrogen-bond acceptors (Lipinski definition) is 7. The van der Waals surface area contributed by atoms with E-state index in [0.29, 0.717) is 42.5 Å². The number of carbonyl (C=O) groups is 1. The second-order valence-electron chi connectivity index (χ2n) is 7.31. The van der Waals surface area contributed by atoms with Gasteiger partial charge < -0.3 is 14.7 Å². The number of carbonyl (C=O) groups excluding carboxylic acids is 1. The van der Waals surface area contributed by atoms with Gasteiger partial charge >= 0.3 is 0 Å². The van der Waals surface area contributed by atoms with E-state index < -0.39 is 11.9 Å². The summed E-state index contributed by atoms with van der Waals surface area (Å²) in [5, 5.41) is 9.83. The van der Waals surface area contributed by atoms with Gasteiger partial charge in [0.25, 0.3) is 0 Å². The Morgan fingerprint density at radius 2 is 2.23 bits per heavy atom. The Labute approximate surface area is 178 Å². The molecule has 0 aliphatic carbocycles. The molecule has 1 fully saturated rings. The van der Waals surface area contributed by atoms with E-state index >= 15 is 0 Å². The zero-order valence-electron chi connectivity index (χ0n) is 17.0. The third kappa shape index (κ3) is 4.35. The van der Waals surface area contributed by atoms with Crippen molar-refractivity contribution in [3.8, 4) is 11.4 Å². The number of halogens is 1. The van der Waals surface area contributed by atoms with Crippen LogP contribution in [-0.4, -0.2) is 33.6 Å². The Morgan fingerprint density at radius 1 is 1.37 bits per heavy atom. The summed E-state index contributed by atoms with van der Waals surface area (Å²) < 4.78 is 20.0. The van der Waals surface area contributed by atoms with E-state index in [1.807, 2.05) is 10.3 Å². The minimum Gasteiger partial charge on any atom is -0.357 e. The predicted molar refractivity (Wildman–Crippen MR) is 113 cm³/mol. The monoisotopic (exact) mass is 429 g/mol. The normalized spacial score (nSPS) is 16.6. The van der Waals surface area contributed by atoms with Gasteiger partial charge in [0.05, 0.1) is 22.9 Å². The molecule has 30 heavy (non-hydrogen) atoms. The quantitative estimate of drug-likeness (QED) is 0.640. The minimum atomic E-state index is -0.407. The fraction of sp³-hybridized carbons (Fsp3) is 0.429. The molecule has 9 heteroatoms. The first-order valence-corrected chi connectivity index (χ1v) is 11.0. The molecule has 4 rings (SSSR count). The van der Waals surface area contributed by atoms with Crippen LogP contribution in [0.4, 0.5) is 10.1 Å². The molecule has 1 saturated heterocycles. The van der Waals surface area contributed by atoms with Crippen molar-refractivity contribution >= 4 is 22.9 Å². The Bertz CT molecular complexity index is 1030. The largest absolute Gasteiger partial charge is 0.357 e. The van der Waals surface area contributed by atoms with Gasteiger partial charge in [-0.3, -0.25) is 4.79 Å². The van der Waals surface area contributed by atoms with Crippen LogP contribution in [0.25, 0.3) is 11.4 Å². The number of piperidine rings is 1. The number of aromatic nitrogens is 3. The molecule has 0 spiro atoms. The van der Waals surface area contributed by atoms with Gasteiger partial charge in [0, 0.05) is 24.4 Å². The highest BCUT2D eigenvalue weighted by Crippen LogP contribution is 2.30. The molecule has 1 aliphatic rings. The van der Waals surface area contributed by atoms with Crippen LogP contribution in [0.15, 0.2) is 28.1 Å². The second-order valence-corrected chi connectivity index (χ2v) is 8.25. The molecule has 1 amide bonds. The van der Waals surface area contributed by atoms with E-state index in [-0.39, 0.29) is 5.91 Å². The number of hydrogen-bond donors (Lipinski definition) is 1. The zero-order chi connectivity index (χ0) is 21.1. The molecule has 3 heterocycles. The number of nitrogens with zero attached hydrogens (tertiary/aromatic N) is 4. The van der Waals surface area contributed by atoms with E-state index in [1.54, 1.807) is 30.4 Å². The molecule has 0 radical (unpaired) electrons. The van der Waals surface area contributed by atoms with Crippen molar-refractivity contribution in [2.75, 3.05) is 11.4 Å². The molecular formula is C21H24FN5O2S. The van der Waals surface area contributed by atoms with Crippen molar-refractivity contribution in [2.45, 2.75) is 52.1 Å². The maximum Gasteiger partial charge on any atom is 0.243 e. The Balaban J connectivity index is 1.49. The summed E-state index contributed by atoms with van der Waals surface area (Å²) in [7, 11) is 0. The van der Waals surface area contributed by atoms with Crippen molar-refractivity contribution in [1.29, 1.82) is 0 Å². The van der Waals surface area contributed by atoms with Crippen molar-refractivity contribution in [2.24, 2.45) is 0 Å². The van der Waals surface area contributed by atoms with Crippen molar-refractivity contribution < 1.29 is 13.7 Å².